The molecule has 3 N–H and O–H groups in total. The van der Waals surface area contributed by atoms with Gasteiger partial charge >= 0.3 is 0 Å². The lowest BCUT2D eigenvalue weighted by atomic mass is 10.1. The Morgan fingerprint density at radius 2 is 2.19 bits per heavy atom. The summed E-state index contributed by atoms with van der Waals surface area (Å²) < 4.78 is 20.7. The molecule has 0 bridgehead atoms. The van der Waals surface area contributed by atoms with Gasteiger partial charge < -0.3 is 20.7 Å². The highest BCUT2D eigenvalue weighted by atomic mass is 127. The van der Waals surface area contributed by atoms with Crippen LogP contribution in [0.3, 0.4) is 0 Å². The Morgan fingerprint density at radius 3 is 2.91 bits per heavy atom. The van der Waals surface area contributed by atoms with Gasteiger partial charge in [-0.2, -0.15) is 5.10 Å². The molecule has 0 spiro atoms. The Morgan fingerprint density at radius 1 is 1.38 bits per heavy atom. The van der Waals surface area contributed by atoms with Gasteiger partial charge in [0.1, 0.15) is 18.2 Å². The number of guanidine groups is 1. The maximum Gasteiger partial charge on any atom is 0.251 e. The highest BCUT2D eigenvalue weighted by Crippen LogP contribution is 2.13. The summed E-state index contributed by atoms with van der Waals surface area (Å²) in [4.78, 5) is 21.2. The summed E-state index contributed by atoms with van der Waals surface area (Å²) in [7, 11) is 1.63. The molecule has 0 saturated heterocycles. The first-order valence-electron chi connectivity index (χ1n) is 10.5. The number of aryl methyl sites for hydroxylation is 2. The fourth-order valence-corrected chi connectivity index (χ4v) is 3.36. The number of nitrogens with one attached hydrogen (secondary N) is 3. The number of hydrogen-bond acceptors (Lipinski definition) is 5. The van der Waals surface area contributed by atoms with Crippen LogP contribution in [0, 0.1) is 12.7 Å². The Balaban J connectivity index is 0.00000363. The fraction of sp³-hybridized carbons (Fsp3) is 0.524. The second-order valence-electron chi connectivity index (χ2n) is 7.42. The van der Waals surface area contributed by atoms with Gasteiger partial charge in [-0.05, 0) is 38.0 Å². The number of nitrogens with zero attached hydrogens (tertiary/aromatic N) is 4. The number of halogens is 2. The lowest BCUT2D eigenvalue weighted by molar-refractivity contribution is 0.0954. The normalized spacial score (nSPS) is 15.5. The van der Waals surface area contributed by atoms with Gasteiger partial charge in [-0.15, -0.1) is 24.0 Å². The predicted molar refractivity (Wildman–Crippen MR) is 131 cm³/mol. The van der Waals surface area contributed by atoms with E-state index in [-0.39, 0.29) is 41.7 Å². The van der Waals surface area contributed by atoms with Crippen molar-refractivity contribution in [3.63, 3.8) is 0 Å². The molecule has 0 radical (unpaired) electrons. The van der Waals surface area contributed by atoms with E-state index in [1.165, 1.54) is 6.07 Å². The number of benzene rings is 1. The van der Waals surface area contributed by atoms with Crippen LogP contribution in [0.4, 0.5) is 4.39 Å². The number of rotatable bonds is 8. The Bertz CT molecular complexity index is 935. The molecule has 1 atom stereocenters. The van der Waals surface area contributed by atoms with Crippen LogP contribution in [-0.2, 0) is 24.3 Å². The van der Waals surface area contributed by atoms with E-state index in [0.717, 1.165) is 25.2 Å². The molecule has 3 rings (SSSR count). The van der Waals surface area contributed by atoms with Crippen molar-refractivity contribution in [3.8, 4) is 0 Å². The third kappa shape index (κ3) is 7.12. The summed E-state index contributed by atoms with van der Waals surface area (Å²) in [6.07, 6.45) is 1.75. The number of carbonyl (C=O) groups is 1. The van der Waals surface area contributed by atoms with Crippen molar-refractivity contribution in [1.29, 1.82) is 0 Å². The molecule has 11 heteroatoms. The predicted octanol–water partition coefficient (Wildman–Crippen LogP) is 1.79. The van der Waals surface area contributed by atoms with Crippen LogP contribution in [0.1, 0.15) is 40.9 Å². The van der Waals surface area contributed by atoms with Gasteiger partial charge in [0.05, 0.1) is 13.1 Å². The Hall–Kier alpha value is -2.28. The molecule has 2 heterocycles. The number of amides is 1. The quantitative estimate of drug-likeness (QED) is 0.197. The minimum atomic E-state index is -0.387. The first-order valence-corrected chi connectivity index (χ1v) is 10.5. The zero-order valence-corrected chi connectivity index (χ0v) is 21.0. The van der Waals surface area contributed by atoms with Gasteiger partial charge in [-0.1, -0.05) is 6.07 Å². The van der Waals surface area contributed by atoms with E-state index in [9.17, 15) is 9.18 Å². The van der Waals surface area contributed by atoms with Crippen LogP contribution in [0.25, 0.3) is 0 Å². The van der Waals surface area contributed by atoms with E-state index in [4.69, 9.17) is 4.74 Å². The van der Waals surface area contributed by atoms with Crippen LogP contribution in [-0.4, -0.2) is 59.4 Å². The molecule has 0 saturated carbocycles. The summed E-state index contributed by atoms with van der Waals surface area (Å²) in [5.41, 5.74) is 0.814. The zero-order valence-electron chi connectivity index (χ0n) is 18.7. The Kier molecular flexibility index (Phi) is 10.3. The molecular formula is C21H31FIN7O2. The molecular weight excluding hydrogens is 528 g/mol. The molecule has 1 aliphatic heterocycles. The average Bonchev–Trinajstić information content (AvgIpc) is 3.15. The third-order valence-electron chi connectivity index (χ3n) is 4.96. The van der Waals surface area contributed by atoms with Crippen molar-refractivity contribution in [3.05, 3.63) is 46.8 Å². The van der Waals surface area contributed by atoms with Gasteiger partial charge in [0.2, 0.25) is 0 Å². The lowest BCUT2D eigenvalue weighted by Gasteiger charge is -2.25. The van der Waals surface area contributed by atoms with E-state index >= 15 is 0 Å². The van der Waals surface area contributed by atoms with Gasteiger partial charge in [-0.3, -0.25) is 9.79 Å². The number of carbonyl (C=O) groups excluding carboxylic acids is 1. The van der Waals surface area contributed by atoms with Crippen LogP contribution in [0.2, 0.25) is 0 Å². The molecule has 1 amide bonds. The van der Waals surface area contributed by atoms with Crippen molar-refractivity contribution in [2.75, 3.05) is 26.7 Å². The minimum absolute atomic E-state index is 0. The second kappa shape index (κ2) is 12.7. The maximum absolute atomic E-state index is 13.6. The first kappa shape index (κ1) is 26.0. The third-order valence-corrected chi connectivity index (χ3v) is 4.96. The SMILES string of the molecule is CCNC(=NCCNC(=O)c1ccc(C)c(F)c1)NC1CCc2nc(COC)nn2C1.I. The van der Waals surface area contributed by atoms with E-state index in [0.29, 0.717) is 49.2 Å². The topological polar surface area (TPSA) is 105 Å². The van der Waals surface area contributed by atoms with E-state index in [1.54, 1.807) is 26.2 Å². The van der Waals surface area contributed by atoms with Crippen LogP contribution in [0.5, 0.6) is 0 Å². The Labute approximate surface area is 204 Å². The average molecular weight is 559 g/mol. The molecule has 32 heavy (non-hydrogen) atoms. The first-order chi connectivity index (χ1) is 15.0. The van der Waals surface area contributed by atoms with Crippen molar-refractivity contribution in [2.45, 2.75) is 45.9 Å². The molecule has 0 aliphatic carbocycles. The minimum Gasteiger partial charge on any atom is -0.377 e. The highest BCUT2D eigenvalue weighted by molar-refractivity contribution is 14.0. The van der Waals surface area contributed by atoms with Crippen molar-refractivity contribution in [2.24, 2.45) is 4.99 Å². The largest absolute Gasteiger partial charge is 0.377 e. The zero-order chi connectivity index (χ0) is 22.2. The summed E-state index contributed by atoms with van der Waals surface area (Å²) >= 11 is 0. The van der Waals surface area contributed by atoms with Gasteiger partial charge in [0.15, 0.2) is 11.8 Å². The molecule has 176 valence electrons. The summed E-state index contributed by atoms with van der Waals surface area (Å²) in [5, 5.41) is 13.9. The standard InChI is InChI=1S/C21H30FN7O2.HI/c1-4-23-21(25-10-9-24-20(30)15-6-5-14(2)17(22)11-15)26-16-7-8-19-27-18(13-31-3)28-29(19)12-16;/h5-6,11,16H,4,7-10,12-13H2,1-3H3,(H,24,30)(H2,23,25,26);1H. The molecule has 9 nitrogen and oxygen atoms in total. The number of aromatic nitrogens is 3. The molecule has 1 unspecified atom stereocenters. The molecule has 1 aromatic carbocycles. The van der Waals surface area contributed by atoms with Gasteiger partial charge in [0, 0.05) is 38.2 Å². The number of hydrogen-bond donors (Lipinski definition) is 3. The smallest absolute Gasteiger partial charge is 0.251 e. The van der Waals surface area contributed by atoms with Gasteiger partial charge in [-0.25, -0.2) is 14.1 Å². The molecule has 1 aromatic heterocycles. The second-order valence-corrected chi connectivity index (χ2v) is 7.42. The van der Waals surface area contributed by atoms with Crippen molar-refractivity contribution >= 4 is 35.8 Å². The number of ether oxygens (including phenoxy) is 1. The summed E-state index contributed by atoms with van der Waals surface area (Å²) in [5.74, 6) is 1.65. The highest BCUT2D eigenvalue weighted by Gasteiger charge is 2.22. The number of fused-ring (bicyclic) bond motifs is 1. The summed E-state index contributed by atoms with van der Waals surface area (Å²) in [6, 6.07) is 4.63. The molecule has 0 fully saturated rings. The van der Waals surface area contributed by atoms with Crippen LogP contribution < -0.4 is 16.0 Å². The van der Waals surface area contributed by atoms with E-state index in [2.05, 4.69) is 31.0 Å². The number of methoxy groups -OCH3 is 1. The molecule has 1 aliphatic rings. The van der Waals surface area contributed by atoms with E-state index in [1.807, 2.05) is 11.6 Å². The monoisotopic (exact) mass is 559 g/mol. The molecule has 2 aromatic rings. The summed E-state index contributed by atoms with van der Waals surface area (Å²) in [6.45, 7) is 6.24. The van der Waals surface area contributed by atoms with Crippen molar-refractivity contribution < 1.29 is 13.9 Å². The fourth-order valence-electron chi connectivity index (χ4n) is 3.36. The van der Waals surface area contributed by atoms with Crippen LogP contribution in [0.15, 0.2) is 23.2 Å². The van der Waals surface area contributed by atoms with Crippen LogP contribution >= 0.6 is 24.0 Å². The maximum atomic E-state index is 13.6. The van der Waals surface area contributed by atoms with Crippen molar-refractivity contribution in [1.82, 2.24) is 30.7 Å². The number of aliphatic imine (C=N–C) groups is 1. The van der Waals surface area contributed by atoms with E-state index < -0.39 is 0 Å². The lowest BCUT2D eigenvalue weighted by Crippen LogP contribution is -2.47. The van der Waals surface area contributed by atoms with Gasteiger partial charge in [0.25, 0.3) is 5.91 Å².